The van der Waals surface area contributed by atoms with E-state index >= 15 is 0 Å². The summed E-state index contributed by atoms with van der Waals surface area (Å²) in [5, 5.41) is 4.40. The van der Waals surface area contributed by atoms with E-state index in [2.05, 4.69) is 30.4 Å². The molecule has 0 aliphatic heterocycles. The van der Waals surface area contributed by atoms with Crippen LogP contribution in [0.15, 0.2) is 34.9 Å². The van der Waals surface area contributed by atoms with Gasteiger partial charge in [0.1, 0.15) is 5.58 Å². The Balaban J connectivity index is 0.000000811. The summed E-state index contributed by atoms with van der Waals surface area (Å²) >= 11 is 0. The van der Waals surface area contributed by atoms with Crippen molar-refractivity contribution in [3.05, 3.63) is 36.1 Å². The van der Waals surface area contributed by atoms with Crippen molar-refractivity contribution in [2.75, 3.05) is 7.05 Å². The number of nitrogens with one attached hydrogen (secondary N) is 1. The van der Waals surface area contributed by atoms with Crippen LogP contribution in [0, 0.1) is 0 Å². The highest BCUT2D eigenvalue weighted by atomic mass is 16.3. The van der Waals surface area contributed by atoms with Gasteiger partial charge in [-0.2, -0.15) is 0 Å². The van der Waals surface area contributed by atoms with Crippen molar-refractivity contribution in [2.24, 2.45) is 0 Å². The molecule has 0 spiro atoms. The van der Waals surface area contributed by atoms with Crippen LogP contribution in [-0.2, 0) is 6.42 Å². The number of hydrogen-bond donors (Lipinski definition) is 1. The molecule has 1 aromatic carbocycles. The lowest BCUT2D eigenvalue weighted by molar-refractivity contribution is 0.602. The molecule has 0 aliphatic carbocycles. The second-order valence-electron chi connectivity index (χ2n) is 3.69. The van der Waals surface area contributed by atoms with Crippen LogP contribution >= 0.6 is 0 Å². The average Bonchev–Trinajstić information content (AvgIpc) is 2.79. The zero-order valence-corrected chi connectivity index (χ0v) is 10.6. The van der Waals surface area contributed by atoms with Gasteiger partial charge >= 0.3 is 0 Å². The molecule has 0 saturated carbocycles. The zero-order valence-electron chi connectivity index (χ0n) is 10.6. The summed E-state index contributed by atoms with van der Waals surface area (Å²) in [6.07, 6.45) is 2.77. The second kappa shape index (κ2) is 6.33. The minimum Gasteiger partial charge on any atom is -0.464 e. The Kier molecular flexibility index (Phi) is 5.06. The van der Waals surface area contributed by atoms with Gasteiger partial charge in [-0.3, -0.25) is 0 Å². The lowest BCUT2D eigenvalue weighted by Crippen LogP contribution is -2.23. The first-order chi connectivity index (χ1) is 7.79. The van der Waals surface area contributed by atoms with Crippen molar-refractivity contribution in [3.8, 4) is 0 Å². The maximum atomic E-state index is 5.35. The molecular weight excluding hydrogens is 198 g/mol. The maximum absolute atomic E-state index is 5.35. The summed E-state index contributed by atoms with van der Waals surface area (Å²) in [7, 11) is 1.98. The van der Waals surface area contributed by atoms with Gasteiger partial charge in [0.05, 0.1) is 6.26 Å². The Morgan fingerprint density at radius 2 is 2.06 bits per heavy atom. The van der Waals surface area contributed by atoms with E-state index in [-0.39, 0.29) is 1.43 Å². The van der Waals surface area contributed by atoms with E-state index in [0.29, 0.717) is 6.04 Å². The quantitative estimate of drug-likeness (QED) is 0.851. The number of fused-ring (bicyclic) bond motifs is 1. The van der Waals surface area contributed by atoms with Crippen LogP contribution in [-0.4, -0.2) is 13.1 Å². The number of likely N-dealkylation sites (N-methyl/N-ethyl adjacent to an activating group) is 1. The standard InChI is InChI=1S/C12H15NO.C2H6.H2/c1-9(13-2)7-10-3-4-11-5-6-14-12(11)8-10;1-2;/h3-6,8-9,13H,7H2,1-2H3;1-2H3;1H/t9-;;/m0../s1. The van der Waals surface area contributed by atoms with Crippen LogP contribution < -0.4 is 5.32 Å². The molecule has 0 aliphatic rings. The Bertz CT molecular complexity index is 425. The fraction of sp³-hybridized carbons (Fsp3) is 0.429. The Hall–Kier alpha value is -1.28. The Labute approximate surface area is 99.1 Å². The third-order valence-electron chi connectivity index (χ3n) is 2.56. The highest BCUT2D eigenvalue weighted by Gasteiger charge is 2.02. The van der Waals surface area contributed by atoms with Gasteiger partial charge in [-0.15, -0.1) is 0 Å². The van der Waals surface area contributed by atoms with E-state index in [9.17, 15) is 0 Å². The van der Waals surface area contributed by atoms with Crippen molar-refractivity contribution in [1.82, 2.24) is 5.32 Å². The van der Waals surface area contributed by atoms with Crippen molar-refractivity contribution < 1.29 is 5.84 Å². The lowest BCUT2D eigenvalue weighted by Gasteiger charge is -2.09. The molecular formula is C14H23NO. The molecule has 1 aromatic heterocycles. The molecule has 16 heavy (non-hydrogen) atoms. The fourth-order valence-electron chi connectivity index (χ4n) is 1.58. The van der Waals surface area contributed by atoms with Gasteiger partial charge in [-0.1, -0.05) is 26.0 Å². The van der Waals surface area contributed by atoms with E-state index in [1.165, 1.54) is 10.9 Å². The van der Waals surface area contributed by atoms with Crippen LogP contribution in [0.4, 0.5) is 0 Å². The predicted molar refractivity (Wildman–Crippen MR) is 71.9 cm³/mol. The second-order valence-corrected chi connectivity index (χ2v) is 3.69. The zero-order chi connectivity index (χ0) is 12.0. The Morgan fingerprint density at radius 1 is 1.31 bits per heavy atom. The third kappa shape index (κ3) is 3.11. The Morgan fingerprint density at radius 3 is 2.75 bits per heavy atom. The molecule has 0 unspecified atom stereocenters. The van der Waals surface area contributed by atoms with Crippen molar-refractivity contribution in [2.45, 2.75) is 33.2 Å². The topological polar surface area (TPSA) is 25.2 Å². The minimum atomic E-state index is 0. The highest BCUT2D eigenvalue weighted by molar-refractivity contribution is 5.77. The monoisotopic (exact) mass is 221 g/mol. The molecule has 0 radical (unpaired) electrons. The van der Waals surface area contributed by atoms with Gasteiger partial charge in [0.2, 0.25) is 0 Å². The summed E-state index contributed by atoms with van der Waals surface area (Å²) in [6, 6.07) is 8.87. The predicted octanol–water partition coefficient (Wildman–Crippen LogP) is 3.86. The lowest BCUT2D eigenvalue weighted by atomic mass is 10.1. The average molecular weight is 221 g/mol. The van der Waals surface area contributed by atoms with E-state index < -0.39 is 0 Å². The van der Waals surface area contributed by atoms with Crippen LogP contribution in [0.3, 0.4) is 0 Å². The molecule has 0 fully saturated rings. The van der Waals surface area contributed by atoms with Gasteiger partial charge in [-0.05, 0) is 38.1 Å². The first kappa shape index (κ1) is 12.8. The van der Waals surface area contributed by atoms with Crippen LogP contribution in [0.25, 0.3) is 11.0 Å². The molecule has 0 saturated heterocycles. The number of rotatable bonds is 3. The molecule has 2 nitrogen and oxygen atoms in total. The van der Waals surface area contributed by atoms with Crippen molar-refractivity contribution in [1.29, 1.82) is 0 Å². The molecule has 1 heterocycles. The first-order valence-corrected chi connectivity index (χ1v) is 5.93. The van der Waals surface area contributed by atoms with Crippen LogP contribution in [0.2, 0.25) is 0 Å². The van der Waals surface area contributed by atoms with E-state index in [1.807, 2.05) is 27.0 Å². The van der Waals surface area contributed by atoms with Gasteiger partial charge in [0, 0.05) is 12.9 Å². The minimum absolute atomic E-state index is 0. The first-order valence-electron chi connectivity index (χ1n) is 5.93. The summed E-state index contributed by atoms with van der Waals surface area (Å²) < 4.78 is 5.35. The summed E-state index contributed by atoms with van der Waals surface area (Å²) in [5.41, 5.74) is 2.29. The number of hydrogen-bond acceptors (Lipinski definition) is 2. The summed E-state index contributed by atoms with van der Waals surface area (Å²) in [5.74, 6) is 0. The van der Waals surface area contributed by atoms with Crippen molar-refractivity contribution in [3.63, 3.8) is 0 Å². The molecule has 0 bridgehead atoms. The van der Waals surface area contributed by atoms with Crippen molar-refractivity contribution >= 4 is 11.0 Å². The van der Waals surface area contributed by atoms with Crippen LogP contribution in [0.1, 0.15) is 27.8 Å². The smallest absolute Gasteiger partial charge is 0.134 e. The molecule has 2 heteroatoms. The molecule has 90 valence electrons. The van der Waals surface area contributed by atoms with E-state index in [0.717, 1.165) is 12.0 Å². The number of furan rings is 1. The molecule has 0 amide bonds. The van der Waals surface area contributed by atoms with E-state index in [4.69, 9.17) is 4.42 Å². The molecule has 1 atom stereocenters. The third-order valence-corrected chi connectivity index (χ3v) is 2.56. The molecule has 1 N–H and O–H groups in total. The van der Waals surface area contributed by atoms with Gasteiger partial charge in [0.25, 0.3) is 0 Å². The molecule has 2 rings (SSSR count). The normalized spacial score (nSPS) is 12.0. The number of benzene rings is 1. The maximum Gasteiger partial charge on any atom is 0.134 e. The van der Waals surface area contributed by atoms with Gasteiger partial charge < -0.3 is 9.73 Å². The summed E-state index contributed by atoms with van der Waals surface area (Å²) in [6.45, 7) is 6.17. The van der Waals surface area contributed by atoms with Gasteiger partial charge in [0.15, 0.2) is 0 Å². The SMILES string of the molecule is CC.CN[C@@H](C)Cc1ccc2ccoc2c1.[HH]. The van der Waals surface area contributed by atoms with Crippen LogP contribution in [0.5, 0.6) is 0 Å². The highest BCUT2D eigenvalue weighted by Crippen LogP contribution is 2.17. The van der Waals surface area contributed by atoms with Gasteiger partial charge in [-0.25, -0.2) is 0 Å². The largest absolute Gasteiger partial charge is 0.464 e. The van der Waals surface area contributed by atoms with E-state index in [1.54, 1.807) is 6.26 Å². The summed E-state index contributed by atoms with van der Waals surface area (Å²) in [4.78, 5) is 0. The fourth-order valence-corrected chi connectivity index (χ4v) is 1.58. The molecule has 2 aromatic rings.